The van der Waals surface area contributed by atoms with Crippen LogP contribution in [0.1, 0.15) is 40.5 Å². The van der Waals surface area contributed by atoms with E-state index in [1.54, 1.807) is 0 Å². The van der Waals surface area contributed by atoms with Crippen LogP contribution < -0.4 is 5.73 Å². The van der Waals surface area contributed by atoms with E-state index < -0.39 is 0 Å². The van der Waals surface area contributed by atoms with Gasteiger partial charge in [0.1, 0.15) is 0 Å². The van der Waals surface area contributed by atoms with Gasteiger partial charge in [0.05, 0.1) is 0 Å². The maximum Gasteiger partial charge on any atom is 0.222 e. The molecule has 1 aliphatic rings. The Labute approximate surface area is 111 Å². The van der Waals surface area contributed by atoms with Crippen molar-refractivity contribution in [3.63, 3.8) is 0 Å². The summed E-state index contributed by atoms with van der Waals surface area (Å²) >= 11 is 0. The summed E-state index contributed by atoms with van der Waals surface area (Å²) in [5.41, 5.74) is 5.87. The highest BCUT2D eigenvalue weighted by Gasteiger charge is 2.28. The smallest absolute Gasteiger partial charge is 0.222 e. The summed E-state index contributed by atoms with van der Waals surface area (Å²) in [5, 5.41) is 0. The zero-order chi connectivity index (χ0) is 13.8. The van der Waals surface area contributed by atoms with Crippen LogP contribution in [0.15, 0.2) is 0 Å². The lowest BCUT2D eigenvalue weighted by Gasteiger charge is -2.42. The van der Waals surface area contributed by atoms with Gasteiger partial charge in [0.25, 0.3) is 0 Å². The first-order valence-electron chi connectivity index (χ1n) is 7.11. The highest BCUT2D eigenvalue weighted by molar-refractivity contribution is 5.76. The Morgan fingerprint density at radius 2 is 1.78 bits per heavy atom. The van der Waals surface area contributed by atoms with E-state index in [1.807, 2.05) is 4.90 Å². The Bertz CT molecular complexity index is 261. The van der Waals surface area contributed by atoms with Crippen LogP contribution in [-0.2, 0) is 4.79 Å². The topological polar surface area (TPSA) is 49.6 Å². The van der Waals surface area contributed by atoms with E-state index in [2.05, 4.69) is 32.6 Å². The summed E-state index contributed by atoms with van der Waals surface area (Å²) in [4.78, 5) is 16.6. The number of nitrogens with two attached hydrogens (primary N) is 1. The normalized spacial score (nSPS) is 19.9. The van der Waals surface area contributed by atoms with Gasteiger partial charge in [0.15, 0.2) is 0 Å². The lowest BCUT2D eigenvalue weighted by Crippen LogP contribution is -2.54. The van der Waals surface area contributed by atoms with E-state index in [-0.39, 0.29) is 11.4 Å². The minimum atomic E-state index is 0.207. The minimum absolute atomic E-state index is 0.207. The Morgan fingerprint density at radius 1 is 1.22 bits per heavy atom. The fraction of sp³-hybridized carbons (Fsp3) is 0.929. The molecule has 1 heterocycles. The van der Waals surface area contributed by atoms with Crippen molar-refractivity contribution in [3.8, 4) is 0 Å². The van der Waals surface area contributed by atoms with Crippen LogP contribution in [0.3, 0.4) is 0 Å². The maximum atomic E-state index is 12.1. The van der Waals surface area contributed by atoms with Gasteiger partial charge in [0.2, 0.25) is 5.91 Å². The summed E-state index contributed by atoms with van der Waals surface area (Å²) in [6.45, 7) is 13.1. The number of amides is 1. The van der Waals surface area contributed by atoms with Gasteiger partial charge in [-0.2, -0.15) is 0 Å². The van der Waals surface area contributed by atoms with E-state index in [0.717, 1.165) is 32.6 Å². The Hall–Kier alpha value is -0.610. The molecule has 1 fully saturated rings. The van der Waals surface area contributed by atoms with E-state index >= 15 is 0 Å². The molecule has 0 bridgehead atoms. The van der Waals surface area contributed by atoms with Crippen LogP contribution >= 0.6 is 0 Å². The molecule has 1 unspecified atom stereocenters. The Kier molecular flexibility index (Phi) is 5.60. The molecule has 4 nitrogen and oxygen atoms in total. The number of rotatable bonds is 4. The quantitative estimate of drug-likeness (QED) is 0.824. The lowest BCUT2D eigenvalue weighted by molar-refractivity contribution is -0.134. The molecule has 1 atom stereocenters. The first kappa shape index (κ1) is 15.4. The molecule has 2 N–H and O–H groups in total. The van der Waals surface area contributed by atoms with E-state index in [4.69, 9.17) is 5.73 Å². The van der Waals surface area contributed by atoms with Gasteiger partial charge in [-0.3, -0.25) is 9.69 Å². The number of nitrogens with zero attached hydrogens (tertiary/aromatic N) is 2. The van der Waals surface area contributed by atoms with Gasteiger partial charge in [-0.15, -0.1) is 0 Å². The maximum absolute atomic E-state index is 12.1. The standard InChI is InChI=1S/C14H29N3O/c1-5-12(11-15)10-13(18)16-6-8-17(9-7-16)14(2,3)4/h12H,5-11,15H2,1-4H3. The molecule has 1 amide bonds. The number of carbonyl (C=O) groups is 1. The monoisotopic (exact) mass is 255 g/mol. The average Bonchev–Trinajstić information content (AvgIpc) is 2.34. The molecule has 0 aromatic rings. The molecule has 0 aromatic carbocycles. The number of piperazine rings is 1. The van der Waals surface area contributed by atoms with Crippen LogP contribution in [0.5, 0.6) is 0 Å². The summed E-state index contributed by atoms with van der Waals surface area (Å²) in [7, 11) is 0. The van der Waals surface area contributed by atoms with Crippen molar-refractivity contribution in [1.82, 2.24) is 9.80 Å². The average molecular weight is 255 g/mol. The van der Waals surface area contributed by atoms with Crippen LogP contribution in [-0.4, -0.2) is 54.0 Å². The van der Waals surface area contributed by atoms with Crippen molar-refractivity contribution < 1.29 is 4.79 Å². The second-order valence-corrected chi connectivity index (χ2v) is 6.25. The molecule has 18 heavy (non-hydrogen) atoms. The van der Waals surface area contributed by atoms with Crippen molar-refractivity contribution in [2.45, 2.75) is 46.1 Å². The molecule has 0 radical (unpaired) electrons. The van der Waals surface area contributed by atoms with Gasteiger partial charge in [0, 0.05) is 38.1 Å². The summed E-state index contributed by atoms with van der Waals surface area (Å²) in [6.07, 6.45) is 1.60. The molecule has 106 valence electrons. The van der Waals surface area contributed by atoms with E-state index in [1.165, 1.54) is 0 Å². The minimum Gasteiger partial charge on any atom is -0.340 e. The molecular weight excluding hydrogens is 226 g/mol. The second-order valence-electron chi connectivity index (χ2n) is 6.25. The molecular formula is C14H29N3O. The van der Waals surface area contributed by atoms with Gasteiger partial charge in [-0.25, -0.2) is 0 Å². The van der Waals surface area contributed by atoms with Gasteiger partial charge in [-0.1, -0.05) is 13.3 Å². The predicted molar refractivity (Wildman–Crippen MR) is 75.4 cm³/mol. The largest absolute Gasteiger partial charge is 0.340 e. The van der Waals surface area contributed by atoms with Gasteiger partial charge < -0.3 is 10.6 Å². The highest BCUT2D eigenvalue weighted by atomic mass is 16.2. The third-order valence-corrected chi connectivity index (χ3v) is 3.96. The summed E-state index contributed by atoms with van der Waals surface area (Å²) < 4.78 is 0. The third-order valence-electron chi connectivity index (χ3n) is 3.96. The van der Waals surface area contributed by atoms with Crippen LogP contribution in [0.4, 0.5) is 0 Å². The lowest BCUT2D eigenvalue weighted by atomic mass is 10.0. The summed E-state index contributed by atoms with van der Waals surface area (Å²) in [6, 6.07) is 0. The third kappa shape index (κ3) is 4.25. The molecule has 1 aliphatic heterocycles. The SMILES string of the molecule is CCC(CN)CC(=O)N1CCN(C(C)(C)C)CC1. The zero-order valence-corrected chi connectivity index (χ0v) is 12.4. The van der Waals surface area contributed by atoms with Crippen molar-refractivity contribution in [2.75, 3.05) is 32.7 Å². The molecule has 0 spiro atoms. The summed E-state index contributed by atoms with van der Waals surface area (Å²) in [5.74, 6) is 0.624. The molecule has 1 rings (SSSR count). The number of carbonyl (C=O) groups excluding carboxylic acids is 1. The molecule has 1 saturated heterocycles. The van der Waals surface area contributed by atoms with Gasteiger partial charge >= 0.3 is 0 Å². The van der Waals surface area contributed by atoms with E-state index in [9.17, 15) is 4.79 Å². The fourth-order valence-corrected chi connectivity index (χ4v) is 2.40. The molecule has 0 aromatic heterocycles. The van der Waals surface area contributed by atoms with Gasteiger partial charge in [-0.05, 0) is 33.2 Å². The highest BCUT2D eigenvalue weighted by Crippen LogP contribution is 2.17. The van der Waals surface area contributed by atoms with Crippen LogP contribution in [0.2, 0.25) is 0 Å². The van der Waals surface area contributed by atoms with E-state index in [0.29, 0.717) is 18.9 Å². The van der Waals surface area contributed by atoms with Crippen molar-refractivity contribution >= 4 is 5.91 Å². The first-order chi connectivity index (χ1) is 8.38. The zero-order valence-electron chi connectivity index (χ0n) is 12.4. The Morgan fingerprint density at radius 3 is 2.17 bits per heavy atom. The molecule has 0 aliphatic carbocycles. The fourth-order valence-electron chi connectivity index (χ4n) is 2.40. The second kappa shape index (κ2) is 6.53. The molecule has 0 saturated carbocycles. The van der Waals surface area contributed by atoms with Crippen LogP contribution in [0.25, 0.3) is 0 Å². The van der Waals surface area contributed by atoms with Crippen molar-refractivity contribution in [1.29, 1.82) is 0 Å². The number of hydrogen-bond acceptors (Lipinski definition) is 3. The van der Waals surface area contributed by atoms with Crippen molar-refractivity contribution in [3.05, 3.63) is 0 Å². The Balaban J connectivity index is 2.41. The van der Waals surface area contributed by atoms with Crippen molar-refractivity contribution in [2.24, 2.45) is 11.7 Å². The number of hydrogen-bond donors (Lipinski definition) is 1. The van der Waals surface area contributed by atoms with Crippen LogP contribution in [0, 0.1) is 5.92 Å². The molecule has 4 heteroatoms. The predicted octanol–water partition coefficient (Wildman–Crippen LogP) is 1.30. The first-order valence-corrected chi connectivity index (χ1v) is 7.11.